The molecule has 1 aliphatic rings. The summed E-state index contributed by atoms with van der Waals surface area (Å²) in [6, 6.07) is 37.8. The molecule has 0 radical (unpaired) electrons. The van der Waals surface area contributed by atoms with Gasteiger partial charge in [0.25, 0.3) is 0 Å². The number of pyridine rings is 1. The second kappa shape index (κ2) is 6.60. The van der Waals surface area contributed by atoms with E-state index in [2.05, 4.69) is 102 Å². The molecule has 9 rings (SSSR count). The fraction of sp³-hybridized carbons (Fsp3) is 0. The summed E-state index contributed by atoms with van der Waals surface area (Å²) in [5.41, 5.74) is 7.64. The van der Waals surface area contributed by atoms with E-state index in [0.29, 0.717) is 0 Å². The van der Waals surface area contributed by atoms with Crippen molar-refractivity contribution >= 4 is 64.1 Å². The van der Waals surface area contributed by atoms with Crippen LogP contribution in [0.2, 0.25) is 0 Å². The number of benzene rings is 5. The standard InChI is InChI=1S/C33H18N2S/c1-2-12-28-20(8-1)25-17-23-21-9-5-7-19-14-15-27-33(31(19)21)32-22(24(23)18-29(25)36-28)10-6-11-26(32)35(27)30-13-3-4-16-34-30/h1-18H. The Bertz CT molecular complexity index is 2200. The molecule has 1 aliphatic carbocycles. The fourth-order valence-corrected chi connectivity index (χ4v) is 7.45. The molecule has 0 N–H and O–H groups in total. The SMILES string of the molecule is c1ccc(-n2c3cccc4c3c3c5c(cccc5ccc32)-c2cc3c(cc2-4)sc2ccccc23)nc1. The highest BCUT2D eigenvalue weighted by Gasteiger charge is 2.25. The van der Waals surface area contributed by atoms with Gasteiger partial charge in [0.05, 0.1) is 11.0 Å². The highest BCUT2D eigenvalue weighted by Crippen LogP contribution is 2.51. The Kier molecular flexibility index (Phi) is 3.45. The summed E-state index contributed by atoms with van der Waals surface area (Å²) >= 11 is 1.89. The molecule has 0 fully saturated rings. The number of hydrogen-bond donors (Lipinski definition) is 0. The van der Waals surface area contributed by atoms with Crippen molar-refractivity contribution in [3.05, 3.63) is 109 Å². The zero-order valence-electron chi connectivity index (χ0n) is 19.2. The van der Waals surface area contributed by atoms with Gasteiger partial charge in [-0.25, -0.2) is 4.98 Å². The molecule has 0 spiro atoms. The molecule has 3 heterocycles. The average Bonchev–Trinajstić information content (AvgIpc) is 3.44. The van der Waals surface area contributed by atoms with Crippen LogP contribution >= 0.6 is 11.3 Å². The van der Waals surface area contributed by atoms with Crippen LogP contribution < -0.4 is 0 Å². The van der Waals surface area contributed by atoms with Crippen molar-refractivity contribution < 1.29 is 0 Å². The van der Waals surface area contributed by atoms with Gasteiger partial charge in [-0.2, -0.15) is 0 Å². The maximum Gasteiger partial charge on any atom is 0.137 e. The molecule has 0 saturated heterocycles. The maximum atomic E-state index is 4.75. The first-order valence-corrected chi connectivity index (χ1v) is 13.0. The van der Waals surface area contributed by atoms with Crippen LogP contribution in [0.1, 0.15) is 0 Å². The zero-order valence-corrected chi connectivity index (χ0v) is 20.0. The second-order valence-corrected chi connectivity index (χ2v) is 10.7. The van der Waals surface area contributed by atoms with Gasteiger partial charge in [0.1, 0.15) is 5.82 Å². The van der Waals surface area contributed by atoms with E-state index >= 15 is 0 Å². The summed E-state index contributed by atoms with van der Waals surface area (Å²) < 4.78 is 5.01. The van der Waals surface area contributed by atoms with Crippen LogP contribution in [0.3, 0.4) is 0 Å². The zero-order chi connectivity index (χ0) is 23.4. The Morgan fingerprint density at radius 1 is 0.528 bits per heavy atom. The van der Waals surface area contributed by atoms with Gasteiger partial charge < -0.3 is 0 Å². The fourth-order valence-electron chi connectivity index (χ4n) is 6.33. The normalized spacial score (nSPS) is 12.4. The van der Waals surface area contributed by atoms with Crippen LogP contribution in [0.4, 0.5) is 0 Å². The van der Waals surface area contributed by atoms with Crippen molar-refractivity contribution in [3.63, 3.8) is 0 Å². The monoisotopic (exact) mass is 474 g/mol. The molecule has 0 bridgehead atoms. The summed E-state index contributed by atoms with van der Waals surface area (Å²) in [4.78, 5) is 4.75. The topological polar surface area (TPSA) is 17.8 Å². The number of aromatic nitrogens is 2. The van der Waals surface area contributed by atoms with Crippen LogP contribution in [0.5, 0.6) is 0 Å². The van der Waals surface area contributed by atoms with Gasteiger partial charge in [0.15, 0.2) is 0 Å². The first-order chi connectivity index (χ1) is 17.9. The molecule has 0 atom stereocenters. The minimum Gasteiger partial charge on any atom is -0.294 e. The molecule has 8 aromatic rings. The molecule has 0 unspecified atom stereocenters. The van der Waals surface area contributed by atoms with E-state index in [1.807, 2.05) is 23.6 Å². The number of thiophene rings is 1. The minimum absolute atomic E-state index is 0.951. The van der Waals surface area contributed by atoms with Gasteiger partial charge >= 0.3 is 0 Å². The smallest absolute Gasteiger partial charge is 0.137 e. The lowest BCUT2D eigenvalue weighted by Crippen LogP contribution is -1.97. The van der Waals surface area contributed by atoms with E-state index in [1.54, 1.807) is 0 Å². The minimum atomic E-state index is 0.951. The maximum absolute atomic E-state index is 4.75. The average molecular weight is 475 g/mol. The molecule has 0 amide bonds. The van der Waals surface area contributed by atoms with Gasteiger partial charge in [-0.3, -0.25) is 4.57 Å². The van der Waals surface area contributed by atoms with Crippen molar-refractivity contribution in [2.45, 2.75) is 0 Å². The lowest BCUT2D eigenvalue weighted by Gasteiger charge is -2.14. The van der Waals surface area contributed by atoms with Crippen LogP contribution in [0.25, 0.3) is 80.8 Å². The molecule has 0 aliphatic heterocycles. The number of hydrogen-bond acceptors (Lipinski definition) is 2. The van der Waals surface area contributed by atoms with Crippen molar-refractivity contribution in [1.29, 1.82) is 0 Å². The molecule has 166 valence electrons. The molecule has 5 aromatic carbocycles. The molecule has 0 saturated carbocycles. The predicted molar refractivity (Wildman–Crippen MR) is 153 cm³/mol. The van der Waals surface area contributed by atoms with Crippen LogP contribution in [0.15, 0.2) is 109 Å². The lowest BCUT2D eigenvalue weighted by molar-refractivity contribution is 1.08. The van der Waals surface area contributed by atoms with E-state index in [9.17, 15) is 0 Å². The first-order valence-electron chi connectivity index (χ1n) is 12.2. The predicted octanol–water partition coefficient (Wildman–Crippen LogP) is 9.35. The van der Waals surface area contributed by atoms with Gasteiger partial charge in [-0.05, 0) is 75.5 Å². The van der Waals surface area contributed by atoms with Crippen LogP contribution in [-0.2, 0) is 0 Å². The van der Waals surface area contributed by atoms with Crippen LogP contribution in [-0.4, -0.2) is 9.55 Å². The number of rotatable bonds is 1. The van der Waals surface area contributed by atoms with E-state index in [0.717, 1.165) is 5.82 Å². The third-order valence-corrected chi connectivity index (χ3v) is 8.91. The summed E-state index contributed by atoms with van der Waals surface area (Å²) in [5.74, 6) is 0.951. The van der Waals surface area contributed by atoms with Gasteiger partial charge in [0.2, 0.25) is 0 Å². The van der Waals surface area contributed by atoms with Crippen molar-refractivity contribution in [3.8, 4) is 28.1 Å². The van der Waals surface area contributed by atoms with E-state index in [-0.39, 0.29) is 0 Å². The quantitative estimate of drug-likeness (QED) is 0.232. The Labute approximate surface area is 210 Å². The summed E-state index contributed by atoms with van der Waals surface area (Å²) in [6.07, 6.45) is 1.88. The molecule has 36 heavy (non-hydrogen) atoms. The Morgan fingerprint density at radius 3 is 2.25 bits per heavy atom. The van der Waals surface area contributed by atoms with E-state index < -0.39 is 0 Å². The van der Waals surface area contributed by atoms with Gasteiger partial charge in [0, 0.05) is 37.1 Å². The number of nitrogens with zero attached hydrogens (tertiary/aromatic N) is 2. The highest BCUT2D eigenvalue weighted by atomic mass is 32.1. The second-order valence-electron chi connectivity index (χ2n) is 9.58. The van der Waals surface area contributed by atoms with Crippen molar-refractivity contribution in [1.82, 2.24) is 9.55 Å². The van der Waals surface area contributed by atoms with E-state index in [4.69, 9.17) is 4.98 Å². The third-order valence-electron chi connectivity index (χ3n) is 7.77. The Morgan fingerprint density at radius 2 is 1.33 bits per heavy atom. The molecule has 2 nitrogen and oxygen atoms in total. The molecular weight excluding hydrogens is 456 g/mol. The number of fused-ring (bicyclic) bond motifs is 6. The molecular formula is C33H18N2S. The van der Waals surface area contributed by atoms with E-state index in [1.165, 1.54) is 75.0 Å². The third kappa shape index (κ3) is 2.24. The molecule has 3 aromatic heterocycles. The van der Waals surface area contributed by atoms with Gasteiger partial charge in [-0.15, -0.1) is 11.3 Å². The van der Waals surface area contributed by atoms with Crippen molar-refractivity contribution in [2.24, 2.45) is 0 Å². The summed E-state index contributed by atoms with van der Waals surface area (Å²) in [5, 5.41) is 7.93. The Hall–Kier alpha value is -4.47. The van der Waals surface area contributed by atoms with Gasteiger partial charge in [-0.1, -0.05) is 60.7 Å². The highest BCUT2D eigenvalue weighted by molar-refractivity contribution is 7.25. The van der Waals surface area contributed by atoms with Crippen LogP contribution in [0, 0.1) is 0 Å². The first kappa shape index (κ1) is 18.8. The molecule has 3 heteroatoms. The summed E-state index contributed by atoms with van der Waals surface area (Å²) in [7, 11) is 0. The lowest BCUT2D eigenvalue weighted by atomic mass is 9.92. The Balaban J connectivity index is 1.55. The van der Waals surface area contributed by atoms with Crippen molar-refractivity contribution in [2.75, 3.05) is 0 Å². The summed E-state index contributed by atoms with van der Waals surface area (Å²) in [6.45, 7) is 0. The largest absolute Gasteiger partial charge is 0.294 e.